The smallest absolute Gasteiger partial charge is 0.0223 e. The summed E-state index contributed by atoms with van der Waals surface area (Å²) in [5.74, 6) is 0.910. The molecule has 0 aliphatic heterocycles. The van der Waals surface area contributed by atoms with Crippen LogP contribution in [0.15, 0.2) is 18.5 Å². The van der Waals surface area contributed by atoms with E-state index in [0.29, 0.717) is 6.04 Å². The van der Waals surface area contributed by atoms with Crippen molar-refractivity contribution in [2.24, 2.45) is 5.92 Å². The van der Waals surface area contributed by atoms with E-state index >= 15 is 0 Å². The number of hydrogen-bond donors (Lipinski definition) is 1. The van der Waals surface area contributed by atoms with Crippen LogP contribution >= 0.6 is 0 Å². The predicted molar refractivity (Wildman–Crippen MR) is 73.0 cm³/mol. The zero-order valence-corrected chi connectivity index (χ0v) is 11.3. The molecule has 0 saturated heterocycles. The molecule has 17 heavy (non-hydrogen) atoms. The average Bonchev–Trinajstić information content (AvgIpc) is 2.97. The van der Waals surface area contributed by atoms with Gasteiger partial charge in [0.05, 0.1) is 0 Å². The number of hydrogen-bond acceptors (Lipinski definition) is 1. The molecule has 1 aliphatic carbocycles. The molecule has 1 heterocycles. The zero-order valence-electron chi connectivity index (χ0n) is 11.3. The molecule has 2 nitrogen and oxygen atoms in total. The molecule has 2 rings (SSSR count). The molecular weight excluding hydrogens is 208 g/mol. The van der Waals surface area contributed by atoms with Gasteiger partial charge in [-0.25, -0.2) is 0 Å². The van der Waals surface area contributed by atoms with Crippen LogP contribution in [0, 0.1) is 5.92 Å². The highest BCUT2D eigenvalue weighted by Gasteiger charge is 2.20. The van der Waals surface area contributed by atoms with Crippen molar-refractivity contribution < 1.29 is 0 Å². The average molecular weight is 234 g/mol. The monoisotopic (exact) mass is 234 g/mol. The van der Waals surface area contributed by atoms with Gasteiger partial charge >= 0.3 is 0 Å². The van der Waals surface area contributed by atoms with Crippen LogP contribution in [0.2, 0.25) is 0 Å². The minimum atomic E-state index is 0.673. The lowest BCUT2D eigenvalue weighted by Gasteiger charge is -2.20. The first kappa shape index (κ1) is 12.7. The number of rotatable bonds is 6. The Morgan fingerprint density at radius 2 is 2.18 bits per heavy atom. The Kier molecular flexibility index (Phi) is 4.66. The maximum atomic E-state index is 3.68. The summed E-state index contributed by atoms with van der Waals surface area (Å²) >= 11 is 0. The van der Waals surface area contributed by atoms with Crippen molar-refractivity contribution in [1.29, 1.82) is 0 Å². The van der Waals surface area contributed by atoms with Gasteiger partial charge in [0.1, 0.15) is 0 Å². The van der Waals surface area contributed by atoms with Crippen LogP contribution in [0.1, 0.15) is 51.5 Å². The van der Waals surface area contributed by atoms with Crippen LogP contribution in [0.25, 0.3) is 0 Å². The molecule has 0 amide bonds. The number of aromatic nitrogens is 1. The van der Waals surface area contributed by atoms with Crippen LogP contribution in [0.5, 0.6) is 0 Å². The lowest BCUT2D eigenvalue weighted by molar-refractivity contribution is 0.380. The Labute approximate surface area is 105 Å². The molecule has 1 fully saturated rings. The standard InChI is InChI=1S/C15H26N2/c1-3-9-17-10-8-14(12-17)11-16-13(2)15-6-4-5-7-15/h8,10,12-13,15-16H,3-7,9,11H2,1-2H3/t13-/m0/s1. The molecule has 0 bridgehead atoms. The molecule has 0 aromatic carbocycles. The second kappa shape index (κ2) is 6.25. The molecule has 0 spiro atoms. The second-order valence-corrected chi connectivity index (χ2v) is 5.47. The summed E-state index contributed by atoms with van der Waals surface area (Å²) in [5.41, 5.74) is 1.42. The van der Waals surface area contributed by atoms with Crippen LogP contribution in [-0.2, 0) is 13.1 Å². The molecule has 0 radical (unpaired) electrons. The van der Waals surface area contributed by atoms with Gasteiger partial charge in [-0.1, -0.05) is 19.8 Å². The molecule has 1 aromatic rings. The van der Waals surface area contributed by atoms with Crippen molar-refractivity contribution in [1.82, 2.24) is 9.88 Å². The van der Waals surface area contributed by atoms with E-state index in [1.807, 2.05) is 0 Å². The lowest BCUT2D eigenvalue weighted by Crippen LogP contribution is -2.31. The van der Waals surface area contributed by atoms with Crippen LogP contribution in [0.4, 0.5) is 0 Å². The van der Waals surface area contributed by atoms with Gasteiger partial charge in [0.2, 0.25) is 0 Å². The number of aryl methyl sites for hydroxylation is 1. The van der Waals surface area contributed by atoms with Gasteiger partial charge < -0.3 is 9.88 Å². The first-order valence-corrected chi connectivity index (χ1v) is 7.17. The van der Waals surface area contributed by atoms with E-state index in [4.69, 9.17) is 0 Å². The van der Waals surface area contributed by atoms with Crippen molar-refractivity contribution >= 4 is 0 Å². The third-order valence-corrected chi connectivity index (χ3v) is 4.03. The lowest BCUT2D eigenvalue weighted by atomic mass is 10.00. The highest BCUT2D eigenvalue weighted by atomic mass is 15.0. The number of nitrogens with zero attached hydrogens (tertiary/aromatic N) is 1. The molecule has 2 heteroatoms. The van der Waals surface area contributed by atoms with Gasteiger partial charge in [-0.05, 0) is 43.7 Å². The van der Waals surface area contributed by atoms with E-state index in [0.717, 1.165) is 19.0 Å². The highest BCUT2D eigenvalue weighted by Crippen LogP contribution is 2.27. The topological polar surface area (TPSA) is 17.0 Å². The summed E-state index contributed by atoms with van der Waals surface area (Å²) in [6, 6.07) is 2.91. The Bertz CT molecular complexity index is 323. The van der Waals surface area contributed by atoms with Gasteiger partial charge in [0.15, 0.2) is 0 Å². The fourth-order valence-corrected chi connectivity index (χ4v) is 2.90. The van der Waals surface area contributed by atoms with Crippen molar-refractivity contribution in [2.45, 2.75) is 65.1 Å². The van der Waals surface area contributed by atoms with E-state index in [9.17, 15) is 0 Å². The summed E-state index contributed by atoms with van der Waals surface area (Å²) < 4.78 is 2.29. The van der Waals surface area contributed by atoms with Crippen LogP contribution in [-0.4, -0.2) is 10.6 Å². The molecular formula is C15H26N2. The van der Waals surface area contributed by atoms with Gasteiger partial charge in [0, 0.05) is 31.5 Å². The summed E-state index contributed by atoms with van der Waals surface area (Å²) in [7, 11) is 0. The maximum absolute atomic E-state index is 3.68. The molecule has 96 valence electrons. The Morgan fingerprint density at radius 3 is 2.88 bits per heavy atom. The summed E-state index contributed by atoms with van der Waals surface area (Å²) in [6.07, 6.45) is 11.4. The molecule has 0 unspecified atom stereocenters. The zero-order chi connectivity index (χ0) is 12.1. The first-order chi connectivity index (χ1) is 8.29. The number of nitrogens with one attached hydrogen (secondary N) is 1. The second-order valence-electron chi connectivity index (χ2n) is 5.47. The quantitative estimate of drug-likeness (QED) is 0.796. The highest BCUT2D eigenvalue weighted by molar-refractivity contribution is 5.10. The summed E-state index contributed by atoms with van der Waals surface area (Å²) in [4.78, 5) is 0. The minimum absolute atomic E-state index is 0.673. The van der Waals surface area contributed by atoms with E-state index < -0.39 is 0 Å². The maximum Gasteiger partial charge on any atom is 0.0223 e. The van der Waals surface area contributed by atoms with E-state index in [2.05, 4.69) is 42.2 Å². The predicted octanol–water partition coefficient (Wildman–Crippen LogP) is 3.57. The molecule has 1 N–H and O–H groups in total. The van der Waals surface area contributed by atoms with E-state index in [1.165, 1.54) is 37.7 Å². The third-order valence-electron chi connectivity index (χ3n) is 4.03. The van der Waals surface area contributed by atoms with Crippen molar-refractivity contribution in [3.8, 4) is 0 Å². The van der Waals surface area contributed by atoms with Gasteiger partial charge in [-0.3, -0.25) is 0 Å². The van der Waals surface area contributed by atoms with Gasteiger partial charge in [0.25, 0.3) is 0 Å². The summed E-state index contributed by atoms with van der Waals surface area (Å²) in [6.45, 7) is 6.73. The Hall–Kier alpha value is -0.760. The summed E-state index contributed by atoms with van der Waals surface area (Å²) in [5, 5.41) is 3.68. The first-order valence-electron chi connectivity index (χ1n) is 7.17. The SMILES string of the molecule is CCCn1ccc(CN[C@@H](C)C2CCCC2)c1. The van der Waals surface area contributed by atoms with E-state index in [-0.39, 0.29) is 0 Å². The molecule has 1 aromatic heterocycles. The largest absolute Gasteiger partial charge is 0.354 e. The molecule has 1 saturated carbocycles. The molecule has 1 aliphatic rings. The van der Waals surface area contributed by atoms with Gasteiger partial charge in [-0.15, -0.1) is 0 Å². The third kappa shape index (κ3) is 3.60. The normalized spacial score (nSPS) is 18.7. The fourth-order valence-electron chi connectivity index (χ4n) is 2.90. The minimum Gasteiger partial charge on any atom is -0.354 e. The Balaban J connectivity index is 1.76. The van der Waals surface area contributed by atoms with Gasteiger partial charge in [-0.2, -0.15) is 0 Å². The fraction of sp³-hybridized carbons (Fsp3) is 0.733. The Morgan fingerprint density at radius 1 is 1.41 bits per heavy atom. The van der Waals surface area contributed by atoms with Crippen molar-refractivity contribution in [3.63, 3.8) is 0 Å². The van der Waals surface area contributed by atoms with Crippen LogP contribution < -0.4 is 5.32 Å². The van der Waals surface area contributed by atoms with Crippen molar-refractivity contribution in [3.05, 3.63) is 24.0 Å². The van der Waals surface area contributed by atoms with E-state index in [1.54, 1.807) is 0 Å². The molecule has 1 atom stereocenters. The van der Waals surface area contributed by atoms with Crippen LogP contribution in [0.3, 0.4) is 0 Å². The van der Waals surface area contributed by atoms with Crippen molar-refractivity contribution in [2.75, 3.05) is 0 Å².